The number of nitrogen functional groups attached to an aromatic ring is 4. The molecule has 60 heavy (non-hydrogen) atoms. The van der Waals surface area contributed by atoms with Crippen LogP contribution >= 0.6 is 0 Å². The number of hydrogen-bond donors (Lipinski definition) is 8. The van der Waals surface area contributed by atoms with E-state index >= 15 is 0 Å². The molecule has 12 nitrogen and oxygen atoms in total. The van der Waals surface area contributed by atoms with Crippen LogP contribution in [0.3, 0.4) is 0 Å². The van der Waals surface area contributed by atoms with E-state index in [1.807, 2.05) is 109 Å². The van der Waals surface area contributed by atoms with E-state index < -0.39 is 0 Å². The van der Waals surface area contributed by atoms with Crippen molar-refractivity contribution in [2.75, 3.05) is 51.4 Å². The van der Waals surface area contributed by atoms with Crippen molar-refractivity contribution >= 4 is 45.0 Å². The number of aromatic nitrogens is 4. The molecule has 0 radical (unpaired) electrons. The van der Waals surface area contributed by atoms with Crippen molar-refractivity contribution in [1.82, 2.24) is 19.9 Å². The van der Waals surface area contributed by atoms with E-state index in [4.69, 9.17) is 41.9 Å². The zero-order valence-electron chi connectivity index (χ0n) is 33.5. The fourth-order valence-corrected chi connectivity index (χ4v) is 8.33. The molecule has 0 fully saturated rings. The van der Waals surface area contributed by atoms with Gasteiger partial charge in [-0.25, -0.2) is 0 Å². The van der Waals surface area contributed by atoms with E-state index in [1.54, 1.807) is 40.6 Å². The minimum Gasteiger partial charge on any atom is -0.496 e. The number of anilines is 4. The highest BCUT2D eigenvalue weighted by Gasteiger charge is 2.24. The van der Waals surface area contributed by atoms with Gasteiger partial charge >= 0.3 is 0 Å². The zero-order chi connectivity index (χ0) is 41.7. The number of fused-ring (bicyclic) bond motifs is 8. The second-order valence-corrected chi connectivity index (χ2v) is 14.5. The molecule has 8 aromatic rings. The second kappa shape index (κ2) is 15.0. The molecule has 12 heteroatoms. The standard InChI is InChI=1S/C48H44N8O4/c1-57-39-7-5-8-40(58-2)47(39)45-35-15-11-31(53-35)43(25-19-27(49)23-28(50)20-25)33-13-17-37(55-33)46(48-41(59-3)9-6-10-42(48)60-4)38-18-14-34(56-38)44(32-12-16-36(45)54-32)26-21-29(51)24-30(52)22-26/h5-24,53-56H,49-52H2,1-4H3. The van der Waals surface area contributed by atoms with Crippen LogP contribution in [0.15, 0.2) is 121 Å². The summed E-state index contributed by atoms with van der Waals surface area (Å²) in [7, 11) is 6.60. The molecule has 0 spiro atoms. The van der Waals surface area contributed by atoms with Gasteiger partial charge in [0.1, 0.15) is 23.0 Å². The third-order valence-electron chi connectivity index (χ3n) is 10.8. The van der Waals surface area contributed by atoms with Gasteiger partial charge in [0.2, 0.25) is 0 Å². The van der Waals surface area contributed by atoms with Crippen molar-refractivity contribution in [1.29, 1.82) is 0 Å². The van der Waals surface area contributed by atoms with Gasteiger partial charge in [-0.05, 0) is 120 Å². The molecule has 1 aliphatic heterocycles. The third-order valence-corrected chi connectivity index (χ3v) is 10.8. The van der Waals surface area contributed by atoms with E-state index in [0.717, 1.165) is 88.7 Å². The van der Waals surface area contributed by atoms with E-state index in [1.165, 1.54) is 0 Å². The molecule has 0 atom stereocenters. The number of aromatic amines is 4. The van der Waals surface area contributed by atoms with E-state index in [-0.39, 0.29) is 0 Å². The van der Waals surface area contributed by atoms with Crippen LogP contribution in [0.25, 0.3) is 22.3 Å². The van der Waals surface area contributed by atoms with E-state index in [2.05, 4.69) is 19.9 Å². The largest absolute Gasteiger partial charge is 0.496 e. The van der Waals surface area contributed by atoms with Gasteiger partial charge in [0, 0.05) is 89.2 Å². The lowest BCUT2D eigenvalue weighted by Gasteiger charge is -2.16. The van der Waals surface area contributed by atoms with Crippen molar-refractivity contribution in [2.24, 2.45) is 0 Å². The molecule has 300 valence electrons. The SMILES string of the molecule is COc1cccc(OC)c1C1=c2ccc([nH]2)=C(c2cc(N)cc(N)c2)c2ccc([nH]2)C(c2c(OC)cccc2OC)=c2ccc([nH]2)=C(c2cc(N)cc(N)c2)c2ccc1[nH]2. The maximum Gasteiger partial charge on any atom is 0.130 e. The first-order valence-corrected chi connectivity index (χ1v) is 19.2. The van der Waals surface area contributed by atoms with Gasteiger partial charge < -0.3 is 61.8 Å². The maximum absolute atomic E-state index is 6.46. The Bertz CT molecular complexity index is 2920. The van der Waals surface area contributed by atoms with Gasteiger partial charge in [-0.3, -0.25) is 0 Å². The molecule has 0 unspecified atom stereocenters. The van der Waals surface area contributed by atoms with Crippen molar-refractivity contribution in [3.8, 4) is 23.0 Å². The maximum atomic E-state index is 6.46. The molecule has 1 aliphatic rings. The first-order chi connectivity index (χ1) is 29.2. The van der Waals surface area contributed by atoms with Gasteiger partial charge in [-0.2, -0.15) is 0 Å². The van der Waals surface area contributed by atoms with Crippen molar-refractivity contribution in [3.63, 3.8) is 0 Å². The molecule has 5 heterocycles. The van der Waals surface area contributed by atoms with Crippen LogP contribution < -0.4 is 63.3 Å². The van der Waals surface area contributed by atoms with Crippen LogP contribution in [0.5, 0.6) is 23.0 Å². The summed E-state index contributed by atoms with van der Waals surface area (Å²) >= 11 is 0. The van der Waals surface area contributed by atoms with Gasteiger partial charge in [0.05, 0.1) is 39.6 Å². The monoisotopic (exact) mass is 796 g/mol. The average Bonchev–Trinajstić information content (AvgIpc) is 4.08. The summed E-state index contributed by atoms with van der Waals surface area (Å²) in [4.78, 5) is 15.1. The molecule has 0 saturated heterocycles. The molecule has 4 aromatic heterocycles. The highest BCUT2D eigenvalue weighted by Crippen LogP contribution is 2.39. The van der Waals surface area contributed by atoms with Crippen molar-refractivity contribution in [2.45, 2.75) is 0 Å². The second-order valence-electron chi connectivity index (χ2n) is 14.5. The Morgan fingerprint density at radius 2 is 0.617 bits per heavy atom. The molecule has 12 N–H and O–H groups in total. The van der Waals surface area contributed by atoms with E-state index in [9.17, 15) is 0 Å². The first kappa shape index (κ1) is 37.5. The minimum atomic E-state index is 0.534. The molecule has 9 rings (SSSR count). The van der Waals surface area contributed by atoms with Crippen LogP contribution in [0.2, 0.25) is 0 Å². The van der Waals surface area contributed by atoms with Crippen LogP contribution in [-0.2, 0) is 0 Å². The van der Waals surface area contributed by atoms with Crippen LogP contribution in [0.4, 0.5) is 22.7 Å². The number of methoxy groups -OCH3 is 4. The number of nitrogens with two attached hydrogens (primary N) is 4. The number of ether oxygens (including phenoxy) is 4. The van der Waals surface area contributed by atoms with Crippen LogP contribution in [0.1, 0.15) is 45.0 Å². The number of H-pyrrole nitrogens is 4. The van der Waals surface area contributed by atoms with E-state index in [0.29, 0.717) is 45.7 Å². The fraction of sp³-hybridized carbons (Fsp3) is 0.0833. The first-order valence-electron chi connectivity index (χ1n) is 19.2. The molecule has 0 aliphatic carbocycles. The molecular weight excluding hydrogens is 753 g/mol. The summed E-state index contributed by atoms with van der Waals surface area (Å²) in [5.41, 5.74) is 37.6. The number of hydrogen-bond acceptors (Lipinski definition) is 8. The van der Waals surface area contributed by atoms with Crippen molar-refractivity contribution < 1.29 is 18.9 Å². The van der Waals surface area contributed by atoms with Gasteiger partial charge in [0.15, 0.2) is 0 Å². The Balaban J connectivity index is 1.49. The lowest BCUT2D eigenvalue weighted by Crippen LogP contribution is -2.19. The summed E-state index contributed by atoms with van der Waals surface area (Å²) in [6, 6.07) is 39.0. The Morgan fingerprint density at radius 3 is 0.917 bits per heavy atom. The summed E-state index contributed by atoms with van der Waals surface area (Å²) < 4.78 is 24.0. The zero-order valence-corrected chi connectivity index (χ0v) is 33.5. The van der Waals surface area contributed by atoms with Gasteiger partial charge in [-0.1, -0.05) is 12.1 Å². The van der Waals surface area contributed by atoms with Gasteiger partial charge in [-0.15, -0.1) is 0 Å². The Labute approximate surface area is 345 Å². The fourth-order valence-electron chi connectivity index (χ4n) is 8.33. The quantitative estimate of drug-likeness (QED) is 0.101. The lowest BCUT2D eigenvalue weighted by molar-refractivity contribution is 0.392. The number of rotatable bonds is 8. The third kappa shape index (κ3) is 6.45. The summed E-state index contributed by atoms with van der Waals surface area (Å²) in [5, 5.41) is 3.18. The predicted molar refractivity (Wildman–Crippen MR) is 238 cm³/mol. The summed E-state index contributed by atoms with van der Waals surface area (Å²) in [6.07, 6.45) is 0. The highest BCUT2D eigenvalue weighted by atomic mass is 16.5. The molecule has 8 bridgehead atoms. The lowest BCUT2D eigenvalue weighted by atomic mass is 10.00. The summed E-state index contributed by atoms with van der Waals surface area (Å²) in [5.74, 6) is 2.52. The van der Waals surface area contributed by atoms with Crippen LogP contribution in [0, 0.1) is 0 Å². The number of benzene rings is 4. The summed E-state index contributed by atoms with van der Waals surface area (Å²) in [6.45, 7) is 0. The topological polar surface area (TPSA) is 204 Å². The minimum absolute atomic E-state index is 0.534. The highest BCUT2D eigenvalue weighted by molar-refractivity contribution is 5.89. The Kier molecular flexibility index (Phi) is 9.36. The molecule has 0 saturated carbocycles. The smallest absolute Gasteiger partial charge is 0.130 e. The van der Waals surface area contributed by atoms with Gasteiger partial charge in [0.25, 0.3) is 0 Å². The Hall–Kier alpha value is -8.12. The van der Waals surface area contributed by atoms with Crippen molar-refractivity contribution in [3.05, 3.63) is 188 Å². The molecule has 4 aromatic carbocycles. The van der Waals surface area contributed by atoms with Crippen LogP contribution in [-0.4, -0.2) is 48.4 Å². The number of nitrogens with one attached hydrogen (secondary N) is 4. The average molecular weight is 797 g/mol. The Morgan fingerprint density at radius 1 is 0.333 bits per heavy atom. The predicted octanol–water partition coefficient (Wildman–Crippen LogP) is 4.66. The molecular formula is C48H44N8O4. The normalized spacial score (nSPS) is 12.5. The molecule has 0 amide bonds.